The van der Waals surface area contributed by atoms with Crippen LogP contribution >= 0.6 is 19.2 Å². The van der Waals surface area contributed by atoms with E-state index in [1.807, 2.05) is 6.92 Å². The number of imidazole rings is 1. The maximum absolute atomic E-state index is 12.4. The molecule has 1 amide bonds. The Bertz CT molecular complexity index is 1070. The Hall–Kier alpha value is -1.66. The normalized spacial score (nSPS) is 26.6. The summed E-state index contributed by atoms with van der Waals surface area (Å²) in [5, 5.41) is 13.8. The average Bonchev–Trinajstić information content (AvgIpc) is 3.26. The smallest absolute Gasteiger partial charge is 0.327 e. The van der Waals surface area contributed by atoms with Crippen molar-refractivity contribution in [2.45, 2.75) is 52.0 Å². The summed E-state index contributed by atoms with van der Waals surface area (Å²) >= 11 is 6.14. The van der Waals surface area contributed by atoms with Gasteiger partial charge in [-0.3, -0.25) is 13.9 Å². The van der Waals surface area contributed by atoms with Crippen LogP contribution in [0.2, 0.25) is 5.28 Å². The Kier molecular flexibility index (Phi) is 8.67. The largest absolute Gasteiger partial charge is 0.389 e. The molecule has 1 aliphatic heterocycles. The third-order valence-corrected chi connectivity index (χ3v) is 7.08. The number of rotatable bonds is 11. The van der Waals surface area contributed by atoms with E-state index in [4.69, 9.17) is 30.1 Å². The second kappa shape index (κ2) is 10.9. The van der Waals surface area contributed by atoms with E-state index in [1.165, 1.54) is 20.1 Å². The van der Waals surface area contributed by atoms with Crippen molar-refractivity contribution in [3.05, 3.63) is 11.6 Å². The van der Waals surface area contributed by atoms with Gasteiger partial charge in [-0.15, -0.1) is 0 Å². The number of fused-ring (bicyclic) bond motifs is 1. The number of amides is 1. The number of aliphatic hydroxyl groups excluding tert-OH is 1. The van der Waals surface area contributed by atoms with Crippen LogP contribution in [-0.4, -0.2) is 76.3 Å². The molecule has 12 nitrogen and oxygen atoms in total. The van der Waals surface area contributed by atoms with Gasteiger partial charge in [0.05, 0.1) is 37.7 Å². The van der Waals surface area contributed by atoms with Crippen LogP contribution < -0.4 is 5.32 Å². The van der Waals surface area contributed by atoms with Crippen LogP contribution in [0.4, 0.5) is 5.82 Å². The summed E-state index contributed by atoms with van der Waals surface area (Å²) in [4.78, 5) is 24.9. The van der Waals surface area contributed by atoms with E-state index < -0.39 is 31.4 Å². The molecular weight excluding hydrogens is 489 g/mol. The summed E-state index contributed by atoms with van der Waals surface area (Å²) in [7, 11) is -1.79. The molecule has 0 radical (unpaired) electrons. The Balaban J connectivity index is 1.96. The standard InChI is InChI=1S/C20H31ClN5O7P/c1-6-8-13(27)23-16-14-17(25-19(21)24-16)26(11-22-14)18-20(3,10-30-4)15(28)12(33-18)9-32-34(5,29)31-7-2/h11-12,15,18,28H,6-10H2,1-5H3,(H,23,24,25,27)/t12-,15?,18-,20+,34?/m1/s1. The molecule has 0 spiro atoms. The van der Waals surface area contributed by atoms with Gasteiger partial charge in [0.1, 0.15) is 12.3 Å². The molecule has 5 atom stereocenters. The number of methoxy groups -OCH3 is 1. The highest BCUT2D eigenvalue weighted by atomic mass is 35.5. The summed E-state index contributed by atoms with van der Waals surface area (Å²) in [6.07, 6.45) is -0.212. The fourth-order valence-electron chi connectivity index (χ4n) is 4.00. The zero-order valence-corrected chi connectivity index (χ0v) is 21.5. The number of carbonyl (C=O) groups is 1. The van der Waals surface area contributed by atoms with Crippen LogP contribution in [-0.2, 0) is 27.9 Å². The number of aliphatic hydroxyl groups is 1. The lowest BCUT2D eigenvalue weighted by Crippen LogP contribution is -2.41. The first-order valence-electron chi connectivity index (χ1n) is 10.9. The molecule has 2 aromatic heterocycles. The molecule has 14 heteroatoms. The zero-order valence-electron chi connectivity index (χ0n) is 19.9. The van der Waals surface area contributed by atoms with Gasteiger partial charge in [0.25, 0.3) is 0 Å². The van der Waals surface area contributed by atoms with Crippen molar-refractivity contribution >= 4 is 42.1 Å². The van der Waals surface area contributed by atoms with Crippen molar-refractivity contribution in [3.63, 3.8) is 0 Å². The Morgan fingerprint density at radius 1 is 1.38 bits per heavy atom. The lowest BCUT2D eigenvalue weighted by molar-refractivity contribution is -0.116. The second-order valence-electron chi connectivity index (χ2n) is 8.36. The van der Waals surface area contributed by atoms with E-state index in [0.29, 0.717) is 24.0 Å². The number of hydrogen-bond acceptors (Lipinski definition) is 10. The lowest BCUT2D eigenvalue weighted by atomic mass is 9.83. The van der Waals surface area contributed by atoms with E-state index in [1.54, 1.807) is 18.4 Å². The van der Waals surface area contributed by atoms with Gasteiger partial charge in [0, 0.05) is 20.2 Å². The number of aromatic nitrogens is 4. The van der Waals surface area contributed by atoms with E-state index >= 15 is 0 Å². The fourth-order valence-corrected chi connectivity index (χ4v) is 5.12. The molecule has 0 aromatic carbocycles. The quantitative estimate of drug-likeness (QED) is 0.335. The van der Waals surface area contributed by atoms with Crippen molar-refractivity contribution in [1.82, 2.24) is 19.5 Å². The van der Waals surface area contributed by atoms with Crippen molar-refractivity contribution < 1.29 is 33.0 Å². The lowest BCUT2D eigenvalue weighted by Gasteiger charge is -2.32. The van der Waals surface area contributed by atoms with Crippen LogP contribution in [0.1, 0.15) is 39.8 Å². The molecule has 3 heterocycles. The molecule has 2 N–H and O–H groups in total. The van der Waals surface area contributed by atoms with Crippen LogP contribution in [0.25, 0.3) is 11.2 Å². The van der Waals surface area contributed by atoms with E-state index in [9.17, 15) is 14.5 Å². The van der Waals surface area contributed by atoms with Crippen molar-refractivity contribution in [2.75, 3.05) is 38.9 Å². The Morgan fingerprint density at radius 3 is 2.76 bits per heavy atom. The number of ether oxygens (including phenoxy) is 2. The summed E-state index contributed by atoms with van der Waals surface area (Å²) in [5.74, 6) is -0.0388. The average molecular weight is 520 g/mol. The number of nitrogens with one attached hydrogen (secondary N) is 1. The molecule has 0 saturated carbocycles. The first kappa shape index (κ1) is 26.9. The van der Waals surface area contributed by atoms with Crippen LogP contribution in [0, 0.1) is 5.41 Å². The monoisotopic (exact) mass is 519 g/mol. The first-order valence-corrected chi connectivity index (χ1v) is 13.3. The minimum atomic E-state index is -3.30. The van der Waals surface area contributed by atoms with Gasteiger partial charge in [0.2, 0.25) is 11.2 Å². The highest BCUT2D eigenvalue weighted by Crippen LogP contribution is 2.49. The minimum Gasteiger partial charge on any atom is -0.389 e. The van der Waals surface area contributed by atoms with Crippen LogP contribution in [0.3, 0.4) is 0 Å². The van der Waals surface area contributed by atoms with E-state index in [2.05, 4.69) is 20.3 Å². The summed E-state index contributed by atoms with van der Waals surface area (Å²) in [5.41, 5.74) is -0.327. The molecule has 1 aliphatic rings. The van der Waals surface area contributed by atoms with Gasteiger partial charge in [-0.25, -0.2) is 4.98 Å². The molecule has 3 rings (SSSR count). The topological polar surface area (TPSA) is 147 Å². The summed E-state index contributed by atoms with van der Waals surface area (Å²) < 4.78 is 36.1. The number of carbonyl (C=O) groups excluding carboxylic acids is 1. The van der Waals surface area contributed by atoms with E-state index in [0.717, 1.165) is 0 Å². The minimum absolute atomic E-state index is 0.0865. The van der Waals surface area contributed by atoms with Crippen LogP contribution in [0.15, 0.2) is 6.33 Å². The fraction of sp³-hybridized carbons (Fsp3) is 0.700. The third kappa shape index (κ3) is 5.59. The van der Waals surface area contributed by atoms with Gasteiger partial charge < -0.3 is 28.9 Å². The van der Waals surface area contributed by atoms with Gasteiger partial charge in [-0.2, -0.15) is 9.97 Å². The summed E-state index contributed by atoms with van der Waals surface area (Å²) in [6.45, 7) is 6.95. The predicted molar refractivity (Wildman–Crippen MR) is 125 cm³/mol. The van der Waals surface area contributed by atoms with Gasteiger partial charge in [-0.1, -0.05) is 13.8 Å². The molecule has 1 fully saturated rings. The second-order valence-corrected chi connectivity index (χ2v) is 10.8. The number of nitrogens with zero attached hydrogens (tertiary/aromatic N) is 4. The van der Waals surface area contributed by atoms with Crippen LogP contribution in [0.5, 0.6) is 0 Å². The molecule has 190 valence electrons. The maximum Gasteiger partial charge on any atom is 0.327 e. The van der Waals surface area contributed by atoms with Gasteiger partial charge in [-0.05, 0) is 24.9 Å². The molecule has 2 aromatic rings. The molecule has 34 heavy (non-hydrogen) atoms. The molecule has 2 unspecified atom stereocenters. The van der Waals surface area contributed by atoms with Gasteiger partial charge in [0.15, 0.2) is 17.0 Å². The number of halogens is 1. The summed E-state index contributed by atoms with van der Waals surface area (Å²) in [6, 6.07) is 0. The number of anilines is 1. The Morgan fingerprint density at radius 2 is 2.12 bits per heavy atom. The van der Waals surface area contributed by atoms with Gasteiger partial charge >= 0.3 is 7.60 Å². The number of hydrogen-bond donors (Lipinski definition) is 2. The SMILES string of the molecule is CCCC(=O)Nc1nc(Cl)nc2c1ncn2[C@@H]1O[C@H](COP(C)(=O)OCC)C(O)[C@]1(C)COC. The predicted octanol–water partition coefficient (Wildman–Crippen LogP) is 3.01. The van der Waals surface area contributed by atoms with Crippen molar-refractivity contribution in [3.8, 4) is 0 Å². The highest BCUT2D eigenvalue weighted by molar-refractivity contribution is 7.52. The molecule has 0 aliphatic carbocycles. The zero-order chi connectivity index (χ0) is 25.1. The highest BCUT2D eigenvalue weighted by Gasteiger charge is 2.55. The Labute approximate surface area is 202 Å². The van der Waals surface area contributed by atoms with E-state index in [-0.39, 0.29) is 36.8 Å². The molecular formula is C20H31ClN5O7P. The van der Waals surface area contributed by atoms with Crippen molar-refractivity contribution in [2.24, 2.45) is 5.41 Å². The first-order chi connectivity index (χ1) is 16.1. The van der Waals surface area contributed by atoms with Crippen molar-refractivity contribution in [1.29, 1.82) is 0 Å². The molecule has 0 bridgehead atoms. The molecule has 1 saturated heterocycles. The third-order valence-electron chi connectivity index (χ3n) is 5.57. The maximum atomic E-state index is 12.4.